The molecule has 0 spiro atoms. The third-order valence-corrected chi connectivity index (χ3v) is 2.28. The maximum Gasteiger partial charge on any atom is 0.122 e. The Morgan fingerprint density at radius 3 is 2.54 bits per heavy atom. The molecule has 0 aliphatic heterocycles. The summed E-state index contributed by atoms with van der Waals surface area (Å²) in [6.45, 7) is 5.08. The molecule has 0 atom stereocenters. The van der Waals surface area contributed by atoms with Crippen molar-refractivity contribution in [1.82, 2.24) is 5.32 Å². The van der Waals surface area contributed by atoms with Crippen molar-refractivity contribution < 1.29 is 4.74 Å². The minimum absolute atomic E-state index is 0.886. The number of benzene rings is 1. The lowest BCUT2D eigenvalue weighted by molar-refractivity contribution is 0.410. The standard InChI is InChI=1S/C11H17NO/c1-8-5-10(7-12-3)6-11(13-4)9(8)2/h5-6,12H,7H2,1-4H3. The molecule has 0 fully saturated rings. The highest BCUT2D eigenvalue weighted by molar-refractivity contribution is 5.42. The Hall–Kier alpha value is -1.02. The van der Waals surface area contributed by atoms with Crippen LogP contribution in [0.1, 0.15) is 16.7 Å². The minimum atomic E-state index is 0.886. The molecule has 0 radical (unpaired) electrons. The third-order valence-electron chi connectivity index (χ3n) is 2.28. The molecule has 0 amide bonds. The monoisotopic (exact) mass is 179 g/mol. The largest absolute Gasteiger partial charge is 0.496 e. The molecule has 0 bridgehead atoms. The number of nitrogens with one attached hydrogen (secondary N) is 1. The zero-order valence-corrected chi connectivity index (χ0v) is 8.77. The quantitative estimate of drug-likeness (QED) is 0.766. The van der Waals surface area contributed by atoms with Crippen molar-refractivity contribution in [3.05, 3.63) is 28.8 Å². The van der Waals surface area contributed by atoms with Gasteiger partial charge >= 0.3 is 0 Å². The average Bonchev–Trinajstić information content (AvgIpc) is 2.11. The summed E-state index contributed by atoms with van der Waals surface area (Å²) >= 11 is 0. The zero-order valence-electron chi connectivity index (χ0n) is 8.77. The fourth-order valence-electron chi connectivity index (χ4n) is 1.42. The van der Waals surface area contributed by atoms with Crippen LogP contribution >= 0.6 is 0 Å². The van der Waals surface area contributed by atoms with Gasteiger partial charge in [-0.2, -0.15) is 0 Å². The van der Waals surface area contributed by atoms with E-state index in [0.717, 1.165) is 12.3 Å². The van der Waals surface area contributed by atoms with Crippen LogP contribution in [0, 0.1) is 13.8 Å². The van der Waals surface area contributed by atoms with Crippen LogP contribution in [0.2, 0.25) is 0 Å². The normalized spacial score (nSPS) is 10.2. The predicted octanol–water partition coefficient (Wildman–Crippen LogP) is 2.03. The number of hydrogen-bond donors (Lipinski definition) is 1. The van der Waals surface area contributed by atoms with E-state index in [1.807, 2.05) is 7.05 Å². The molecule has 0 aliphatic carbocycles. The Balaban J connectivity index is 3.06. The maximum atomic E-state index is 5.29. The van der Waals surface area contributed by atoms with Gasteiger partial charge in [-0.15, -0.1) is 0 Å². The molecule has 72 valence electrons. The maximum absolute atomic E-state index is 5.29. The number of ether oxygens (including phenoxy) is 1. The number of rotatable bonds is 3. The van der Waals surface area contributed by atoms with Gasteiger partial charge in [0.1, 0.15) is 5.75 Å². The molecule has 0 aliphatic rings. The SMILES string of the molecule is CNCc1cc(C)c(C)c(OC)c1. The van der Waals surface area contributed by atoms with E-state index in [1.165, 1.54) is 16.7 Å². The van der Waals surface area contributed by atoms with E-state index in [0.29, 0.717) is 0 Å². The van der Waals surface area contributed by atoms with E-state index < -0.39 is 0 Å². The van der Waals surface area contributed by atoms with Gasteiger partial charge in [0, 0.05) is 6.54 Å². The average molecular weight is 179 g/mol. The highest BCUT2D eigenvalue weighted by Crippen LogP contribution is 2.22. The third kappa shape index (κ3) is 2.22. The number of hydrogen-bond acceptors (Lipinski definition) is 2. The van der Waals surface area contributed by atoms with Crippen molar-refractivity contribution in [2.24, 2.45) is 0 Å². The van der Waals surface area contributed by atoms with E-state index in [2.05, 4.69) is 31.3 Å². The second-order valence-corrected chi connectivity index (χ2v) is 3.27. The Labute approximate surface area is 79.9 Å². The lowest BCUT2D eigenvalue weighted by Gasteiger charge is -2.10. The van der Waals surface area contributed by atoms with E-state index in [-0.39, 0.29) is 0 Å². The van der Waals surface area contributed by atoms with Crippen molar-refractivity contribution in [1.29, 1.82) is 0 Å². The molecule has 0 saturated heterocycles. The summed E-state index contributed by atoms with van der Waals surface area (Å²) < 4.78 is 5.29. The summed E-state index contributed by atoms with van der Waals surface area (Å²) in [6, 6.07) is 4.27. The minimum Gasteiger partial charge on any atom is -0.496 e. The van der Waals surface area contributed by atoms with Crippen molar-refractivity contribution in [3.8, 4) is 5.75 Å². The highest BCUT2D eigenvalue weighted by atomic mass is 16.5. The molecule has 1 aromatic carbocycles. The van der Waals surface area contributed by atoms with Crippen LogP contribution in [0.25, 0.3) is 0 Å². The summed E-state index contributed by atoms with van der Waals surface area (Å²) in [4.78, 5) is 0. The van der Waals surface area contributed by atoms with Crippen molar-refractivity contribution in [2.45, 2.75) is 20.4 Å². The molecule has 13 heavy (non-hydrogen) atoms. The Kier molecular flexibility index (Phi) is 3.32. The van der Waals surface area contributed by atoms with Crippen LogP contribution in [-0.4, -0.2) is 14.2 Å². The second kappa shape index (κ2) is 4.28. The van der Waals surface area contributed by atoms with Gasteiger partial charge < -0.3 is 10.1 Å². The molecule has 0 aromatic heterocycles. The van der Waals surface area contributed by atoms with Gasteiger partial charge in [-0.05, 0) is 43.7 Å². The Morgan fingerprint density at radius 1 is 1.31 bits per heavy atom. The smallest absolute Gasteiger partial charge is 0.122 e. The van der Waals surface area contributed by atoms with E-state index in [9.17, 15) is 0 Å². The first-order valence-corrected chi connectivity index (χ1v) is 4.47. The molecule has 1 rings (SSSR count). The zero-order chi connectivity index (χ0) is 9.84. The van der Waals surface area contributed by atoms with Gasteiger partial charge in [-0.1, -0.05) is 6.07 Å². The summed E-state index contributed by atoms with van der Waals surface area (Å²) in [5.41, 5.74) is 3.77. The van der Waals surface area contributed by atoms with Gasteiger partial charge in [0.05, 0.1) is 7.11 Å². The summed E-state index contributed by atoms with van der Waals surface area (Å²) in [6.07, 6.45) is 0. The number of aryl methyl sites for hydroxylation is 1. The second-order valence-electron chi connectivity index (χ2n) is 3.27. The van der Waals surface area contributed by atoms with Gasteiger partial charge in [0.25, 0.3) is 0 Å². The number of methoxy groups -OCH3 is 1. The molecule has 1 aromatic rings. The van der Waals surface area contributed by atoms with Gasteiger partial charge in [-0.3, -0.25) is 0 Å². The van der Waals surface area contributed by atoms with Crippen LogP contribution in [0.15, 0.2) is 12.1 Å². The van der Waals surface area contributed by atoms with E-state index in [1.54, 1.807) is 7.11 Å². The van der Waals surface area contributed by atoms with E-state index >= 15 is 0 Å². The Morgan fingerprint density at radius 2 is 2.00 bits per heavy atom. The summed E-state index contributed by atoms with van der Waals surface area (Å²) in [5, 5.41) is 3.13. The van der Waals surface area contributed by atoms with Crippen LogP contribution in [0.3, 0.4) is 0 Å². The molecule has 1 N–H and O–H groups in total. The van der Waals surface area contributed by atoms with Gasteiger partial charge in [0.2, 0.25) is 0 Å². The molecule has 2 heteroatoms. The van der Waals surface area contributed by atoms with Crippen LogP contribution in [0.5, 0.6) is 5.75 Å². The van der Waals surface area contributed by atoms with Crippen molar-refractivity contribution in [3.63, 3.8) is 0 Å². The molecule has 0 heterocycles. The van der Waals surface area contributed by atoms with Gasteiger partial charge in [0.15, 0.2) is 0 Å². The molecule has 0 saturated carbocycles. The first-order valence-electron chi connectivity index (χ1n) is 4.47. The summed E-state index contributed by atoms with van der Waals surface area (Å²) in [5.74, 6) is 0.977. The lowest BCUT2D eigenvalue weighted by atomic mass is 10.1. The van der Waals surface area contributed by atoms with Crippen molar-refractivity contribution >= 4 is 0 Å². The molecule has 2 nitrogen and oxygen atoms in total. The first-order chi connectivity index (χ1) is 6.19. The molecular formula is C11H17NO. The molecule has 0 unspecified atom stereocenters. The van der Waals surface area contributed by atoms with Crippen LogP contribution < -0.4 is 10.1 Å². The van der Waals surface area contributed by atoms with Crippen LogP contribution in [0.4, 0.5) is 0 Å². The van der Waals surface area contributed by atoms with Crippen LogP contribution in [-0.2, 0) is 6.54 Å². The first kappa shape index (κ1) is 10.1. The topological polar surface area (TPSA) is 21.3 Å². The fraction of sp³-hybridized carbons (Fsp3) is 0.455. The highest BCUT2D eigenvalue weighted by Gasteiger charge is 2.03. The van der Waals surface area contributed by atoms with Gasteiger partial charge in [-0.25, -0.2) is 0 Å². The molecular weight excluding hydrogens is 162 g/mol. The summed E-state index contributed by atoms with van der Waals surface area (Å²) in [7, 11) is 3.66. The lowest BCUT2D eigenvalue weighted by Crippen LogP contribution is -2.06. The fourth-order valence-corrected chi connectivity index (χ4v) is 1.42. The predicted molar refractivity (Wildman–Crippen MR) is 55.2 cm³/mol. The van der Waals surface area contributed by atoms with E-state index in [4.69, 9.17) is 4.74 Å². The van der Waals surface area contributed by atoms with Crippen molar-refractivity contribution in [2.75, 3.05) is 14.2 Å². The Bertz CT molecular complexity index is 294.